The quantitative estimate of drug-likeness (QED) is 0.468. The van der Waals surface area contributed by atoms with Crippen LogP contribution in [-0.2, 0) is 9.53 Å². The highest BCUT2D eigenvalue weighted by Gasteiger charge is 2.24. The van der Waals surface area contributed by atoms with Crippen LogP contribution in [0.4, 0.5) is 4.39 Å². The summed E-state index contributed by atoms with van der Waals surface area (Å²) in [6.07, 6.45) is 1.61. The minimum atomic E-state index is -0.568. The summed E-state index contributed by atoms with van der Waals surface area (Å²) in [5, 5.41) is 0. The first-order chi connectivity index (χ1) is 12.0. The van der Waals surface area contributed by atoms with E-state index in [4.69, 9.17) is 9.47 Å². The summed E-state index contributed by atoms with van der Waals surface area (Å²) in [5.74, 6) is -0.179. The molecule has 2 aromatic carbocycles. The summed E-state index contributed by atoms with van der Waals surface area (Å²) in [6, 6.07) is 13.0. The largest absolute Gasteiger partial charge is 0.489 e. The number of esters is 1. The second-order valence-electron chi connectivity index (χ2n) is 5.66. The summed E-state index contributed by atoms with van der Waals surface area (Å²) in [6.45, 7) is 6.12. The first kappa shape index (κ1) is 16.6. The maximum atomic E-state index is 13.3. The van der Waals surface area contributed by atoms with Gasteiger partial charge >= 0.3 is 5.97 Å². The number of halogens is 1. The smallest absolute Gasteiger partial charge is 0.363 e. The fourth-order valence-electron chi connectivity index (χ4n) is 2.18. The van der Waals surface area contributed by atoms with Gasteiger partial charge in [-0.15, -0.1) is 0 Å². The SMILES string of the molecule is C=C(C)COc1ccc(/C=C2\N=C(c3cccc(F)c3)OC2=O)cc1. The van der Waals surface area contributed by atoms with Gasteiger partial charge in [0, 0.05) is 5.56 Å². The van der Waals surface area contributed by atoms with Gasteiger partial charge in [0.25, 0.3) is 0 Å². The minimum Gasteiger partial charge on any atom is -0.489 e. The fraction of sp³-hybridized carbons (Fsp3) is 0.100. The molecular weight excluding hydrogens is 321 g/mol. The Morgan fingerprint density at radius 1 is 1.28 bits per heavy atom. The molecule has 0 atom stereocenters. The van der Waals surface area contributed by atoms with E-state index in [0.29, 0.717) is 17.9 Å². The molecule has 1 aliphatic heterocycles. The van der Waals surface area contributed by atoms with Crippen molar-refractivity contribution in [3.05, 3.63) is 83.3 Å². The number of carbonyl (C=O) groups is 1. The topological polar surface area (TPSA) is 47.9 Å². The average molecular weight is 337 g/mol. The number of cyclic esters (lactones) is 1. The highest BCUT2D eigenvalue weighted by Crippen LogP contribution is 2.21. The molecule has 0 amide bonds. The van der Waals surface area contributed by atoms with E-state index in [-0.39, 0.29) is 11.6 Å². The van der Waals surface area contributed by atoms with E-state index in [2.05, 4.69) is 11.6 Å². The molecule has 1 aliphatic rings. The molecule has 0 radical (unpaired) electrons. The van der Waals surface area contributed by atoms with Crippen LogP contribution in [0.3, 0.4) is 0 Å². The number of hydrogen-bond acceptors (Lipinski definition) is 4. The lowest BCUT2D eigenvalue weighted by Crippen LogP contribution is -2.05. The zero-order chi connectivity index (χ0) is 17.8. The molecule has 0 saturated carbocycles. The lowest BCUT2D eigenvalue weighted by atomic mass is 10.2. The number of benzene rings is 2. The van der Waals surface area contributed by atoms with Gasteiger partial charge in [-0.1, -0.05) is 24.8 Å². The van der Waals surface area contributed by atoms with E-state index in [1.165, 1.54) is 18.2 Å². The third kappa shape index (κ3) is 4.20. The molecule has 2 aromatic rings. The van der Waals surface area contributed by atoms with Crippen molar-refractivity contribution in [1.29, 1.82) is 0 Å². The lowest BCUT2D eigenvalue weighted by molar-refractivity contribution is -0.129. The van der Waals surface area contributed by atoms with Gasteiger partial charge in [-0.2, -0.15) is 0 Å². The predicted molar refractivity (Wildman–Crippen MR) is 93.8 cm³/mol. The van der Waals surface area contributed by atoms with Gasteiger partial charge in [0.15, 0.2) is 5.70 Å². The molecule has 0 unspecified atom stereocenters. The maximum absolute atomic E-state index is 13.3. The van der Waals surface area contributed by atoms with Crippen molar-refractivity contribution in [2.75, 3.05) is 6.61 Å². The van der Waals surface area contributed by atoms with Crippen LogP contribution in [0.1, 0.15) is 18.1 Å². The molecule has 0 saturated heterocycles. The Morgan fingerprint density at radius 2 is 2.04 bits per heavy atom. The van der Waals surface area contributed by atoms with Crippen molar-refractivity contribution in [1.82, 2.24) is 0 Å². The second-order valence-corrected chi connectivity index (χ2v) is 5.66. The molecule has 3 rings (SSSR count). The van der Waals surface area contributed by atoms with Gasteiger partial charge in [0.05, 0.1) is 0 Å². The maximum Gasteiger partial charge on any atom is 0.363 e. The fourth-order valence-corrected chi connectivity index (χ4v) is 2.18. The van der Waals surface area contributed by atoms with Crippen LogP contribution in [-0.4, -0.2) is 18.5 Å². The van der Waals surface area contributed by atoms with Crippen molar-refractivity contribution in [2.24, 2.45) is 4.99 Å². The van der Waals surface area contributed by atoms with E-state index >= 15 is 0 Å². The van der Waals surface area contributed by atoms with Crippen molar-refractivity contribution in [2.45, 2.75) is 6.92 Å². The van der Waals surface area contributed by atoms with Crippen LogP contribution in [0, 0.1) is 5.82 Å². The normalized spacial score (nSPS) is 15.0. The van der Waals surface area contributed by atoms with E-state index in [1.54, 1.807) is 24.3 Å². The molecule has 0 bridgehead atoms. The van der Waals surface area contributed by atoms with Crippen LogP contribution in [0.2, 0.25) is 0 Å². The molecule has 25 heavy (non-hydrogen) atoms. The van der Waals surface area contributed by atoms with E-state index in [9.17, 15) is 9.18 Å². The lowest BCUT2D eigenvalue weighted by Gasteiger charge is -2.05. The molecule has 1 heterocycles. The summed E-state index contributed by atoms with van der Waals surface area (Å²) in [7, 11) is 0. The minimum absolute atomic E-state index is 0.0946. The van der Waals surface area contributed by atoms with Crippen molar-refractivity contribution >= 4 is 17.9 Å². The van der Waals surface area contributed by atoms with Crippen LogP contribution in [0.15, 0.2) is 71.4 Å². The molecule has 4 nitrogen and oxygen atoms in total. The van der Waals surface area contributed by atoms with Gasteiger partial charge in [0.2, 0.25) is 5.90 Å². The number of carbonyl (C=O) groups excluding carboxylic acids is 1. The van der Waals surface area contributed by atoms with Crippen LogP contribution in [0.5, 0.6) is 5.75 Å². The summed E-state index contributed by atoms with van der Waals surface area (Å²) < 4.78 is 23.9. The number of ether oxygens (including phenoxy) is 2. The predicted octanol–water partition coefficient (Wildman–Crippen LogP) is 4.13. The standard InChI is InChI=1S/C20H16FNO3/c1-13(2)12-24-17-8-6-14(7-9-17)10-18-20(23)25-19(22-18)15-4-3-5-16(21)11-15/h3-11H,1,12H2,2H3/b18-10-. The van der Waals surface area contributed by atoms with Crippen LogP contribution >= 0.6 is 0 Å². The van der Waals surface area contributed by atoms with Crippen molar-refractivity contribution in [3.8, 4) is 5.75 Å². The van der Waals surface area contributed by atoms with Gasteiger partial charge in [0.1, 0.15) is 18.2 Å². The molecule has 5 heteroatoms. The van der Waals surface area contributed by atoms with E-state index in [0.717, 1.165) is 11.1 Å². The van der Waals surface area contributed by atoms with Gasteiger partial charge in [-0.25, -0.2) is 14.2 Å². The molecule has 0 aliphatic carbocycles. The Bertz CT molecular complexity index is 882. The van der Waals surface area contributed by atoms with Crippen LogP contribution < -0.4 is 4.74 Å². The Balaban J connectivity index is 1.78. The van der Waals surface area contributed by atoms with Crippen molar-refractivity contribution in [3.63, 3.8) is 0 Å². The van der Waals surface area contributed by atoms with E-state index in [1.807, 2.05) is 19.1 Å². The average Bonchev–Trinajstić information content (AvgIpc) is 2.95. The number of rotatable bonds is 5. The van der Waals surface area contributed by atoms with Crippen molar-refractivity contribution < 1.29 is 18.7 Å². The highest BCUT2D eigenvalue weighted by molar-refractivity contribution is 6.12. The monoisotopic (exact) mass is 337 g/mol. The van der Waals surface area contributed by atoms with Gasteiger partial charge < -0.3 is 9.47 Å². The third-order valence-electron chi connectivity index (χ3n) is 3.36. The highest BCUT2D eigenvalue weighted by atomic mass is 19.1. The van der Waals surface area contributed by atoms with Gasteiger partial charge in [-0.3, -0.25) is 0 Å². The summed E-state index contributed by atoms with van der Waals surface area (Å²) >= 11 is 0. The first-order valence-corrected chi connectivity index (χ1v) is 7.67. The van der Waals surface area contributed by atoms with E-state index < -0.39 is 11.8 Å². The Morgan fingerprint density at radius 3 is 2.72 bits per heavy atom. The molecular formula is C20H16FNO3. The Labute approximate surface area is 144 Å². The molecule has 126 valence electrons. The zero-order valence-electron chi connectivity index (χ0n) is 13.7. The molecule has 0 fully saturated rings. The van der Waals surface area contributed by atoms with Gasteiger partial charge in [-0.05, 0) is 54.5 Å². The Hall–Kier alpha value is -3.21. The second kappa shape index (κ2) is 7.13. The molecule has 0 spiro atoms. The summed E-state index contributed by atoms with van der Waals surface area (Å²) in [5.41, 5.74) is 2.29. The summed E-state index contributed by atoms with van der Waals surface area (Å²) in [4.78, 5) is 16.1. The molecule has 0 aromatic heterocycles. The number of nitrogens with zero attached hydrogens (tertiary/aromatic N) is 1. The Kier molecular flexibility index (Phi) is 4.75. The number of aliphatic imine (C=N–C) groups is 1. The zero-order valence-corrected chi connectivity index (χ0v) is 13.7. The first-order valence-electron chi connectivity index (χ1n) is 7.67. The number of hydrogen-bond donors (Lipinski definition) is 0. The van der Waals surface area contributed by atoms with Crippen LogP contribution in [0.25, 0.3) is 6.08 Å². The molecule has 0 N–H and O–H groups in total. The third-order valence-corrected chi connectivity index (χ3v) is 3.36.